The molecule has 1 aromatic carbocycles. The fourth-order valence-corrected chi connectivity index (χ4v) is 0.385. The molecule has 0 bridgehead atoms. The van der Waals surface area contributed by atoms with Gasteiger partial charge in [0.1, 0.15) is 0 Å². The lowest BCUT2D eigenvalue weighted by Crippen LogP contribution is -2.12. The molecule has 1 aromatic rings. The Morgan fingerprint density at radius 3 is 0.897 bits per heavy atom. The molecule has 0 spiro atoms. The normalized spacial score (nSPS) is 8.28. The third kappa shape index (κ3) is 428. The van der Waals surface area contributed by atoms with Gasteiger partial charge in [-0.3, -0.25) is 0 Å². The number of unbranched alkanes of at least 4 members (excludes halogenated alkanes) is 1. The van der Waals surface area contributed by atoms with E-state index in [1.54, 1.807) is 6.92 Å². The maximum Gasteiger partial charge on any atom is 0.0439 e. The van der Waals surface area contributed by atoms with Crippen LogP contribution in [0, 0.1) is 53.5 Å². The Morgan fingerprint density at radius 2 is 0.862 bits per heavy atom. The van der Waals surface area contributed by atoms with Gasteiger partial charge in [-0.15, -0.1) is 0 Å². The summed E-state index contributed by atoms with van der Waals surface area (Å²) < 4.78 is 0. The minimum atomic E-state index is -0.861. The second-order valence-corrected chi connectivity index (χ2v) is 13.3. The van der Waals surface area contributed by atoms with E-state index >= 15 is 0 Å². The van der Waals surface area contributed by atoms with Gasteiger partial charge in [-0.1, -0.05) is 165 Å². The first kappa shape index (κ1) is 46.6. The Kier molecular flexibility index (Phi) is 67.0. The third-order valence-electron chi connectivity index (χ3n) is 1.02. The summed E-state index contributed by atoms with van der Waals surface area (Å²) in [7, 11) is -0.861. The molecule has 0 aliphatic rings. The second kappa shape index (κ2) is 41.7. The van der Waals surface area contributed by atoms with Crippen LogP contribution in [0.5, 0.6) is 0 Å². The molecule has 0 aliphatic carbocycles. The van der Waals surface area contributed by atoms with Crippen molar-refractivity contribution < 1.29 is 0 Å². The summed E-state index contributed by atoms with van der Waals surface area (Å²) in [6.45, 7) is 40.8. The van der Waals surface area contributed by atoms with Crippen LogP contribution in [0.1, 0.15) is 74.7 Å². The predicted molar refractivity (Wildman–Crippen MR) is 149 cm³/mol. The standard InChI is InChI=1S/C6H6.C5H11.C4H11Si.C4H9.2C3H7.C2H5.CH3/c1-2-4-6-5-3-1;2*1-5(2,3)4;1-3-4-2;2*1-3-2;1-2;/h1-6H;2*1H2,2-4H3;1,3-4H2,2H3;3H,1-2H3;1,3H2,2H3;1H2,2H3;1H3. The van der Waals surface area contributed by atoms with E-state index in [2.05, 4.69) is 81.6 Å². The van der Waals surface area contributed by atoms with Gasteiger partial charge in [0.25, 0.3) is 0 Å². The smallest absolute Gasteiger partial charge is 0.0439 e. The molecule has 0 saturated heterocycles. The highest BCUT2D eigenvalue weighted by Gasteiger charge is 1.99. The summed E-state index contributed by atoms with van der Waals surface area (Å²) in [5.41, 5.74) is 0.250. The molecule has 7 radical (unpaired) electrons. The van der Waals surface area contributed by atoms with Gasteiger partial charge < -0.3 is 0 Å². The highest BCUT2D eigenvalue weighted by Crippen LogP contribution is 2.07. The van der Waals surface area contributed by atoms with E-state index in [0.29, 0.717) is 0 Å². The molecule has 0 amide bonds. The van der Waals surface area contributed by atoms with E-state index in [-0.39, 0.29) is 12.8 Å². The van der Waals surface area contributed by atoms with Crippen molar-refractivity contribution in [2.24, 2.45) is 5.41 Å². The first-order valence-corrected chi connectivity index (χ1v) is 14.2. The van der Waals surface area contributed by atoms with Crippen LogP contribution in [0.2, 0.25) is 19.6 Å². The molecule has 175 valence electrons. The maximum absolute atomic E-state index is 3.91. The Balaban J connectivity index is -0.0000000398. The van der Waals surface area contributed by atoms with Crippen LogP contribution in [-0.2, 0) is 0 Å². The Morgan fingerprint density at radius 1 is 0.793 bits per heavy atom. The Bertz CT molecular complexity index is 223. The topological polar surface area (TPSA) is 0 Å². The largest absolute Gasteiger partial charge is 0.0696 e. The Hall–Kier alpha value is -0.563. The molecule has 1 heteroatoms. The first-order chi connectivity index (χ1) is 12.7. The SMILES string of the molecule is C[CH]C.[CH2]C.[CH2]C(C)(C)C.[CH2]CC.[CH2]CCC.[CH2][Si](C)(C)C.[CH3].c1ccccc1. The molecule has 0 saturated carbocycles. The summed E-state index contributed by atoms with van der Waals surface area (Å²) in [6.07, 6.45) is 5.28. The fourth-order valence-electron chi connectivity index (χ4n) is 0.385. The van der Waals surface area contributed by atoms with E-state index in [9.17, 15) is 0 Å². The van der Waals surface area contributed by atoms with Crippen molar-refractivity contribution in [2.75, 3.05) is 0 Å². The molecule has 29 heavy (non-hydrogen) atoms. The van der Waals surface area contributed by atoms with Crippen molar-refractivity contribution in [3.8, 4) is 0 Å². The van der Waals surface area contributed by atoms with Crippen LogP contribution in [0.25, 0.3) is 0 Å². The lowest BCUT2D eigenvalue weighted by Gasteiger charge is -2.05. The summed E-state index contributed by atoms with van der Waals surface area (Å²) >= 11 is 0. The van der Waals surface area contributed by atoms with Gasteiger partial charge in [-0.25, -0.2) is 0 Å². The summed E-state index contributed by atoms with van der Waals surface area (Å²) in [4.78, 5) is 0. The van der Waals surface area contributed by atoms with E-state index < -0.39 is 8.07 Å². The molecule has 0 atom stereocenters. The molecule has 0 N–H and O–H groups in total. The minimum Gasteiger partial charge on any atom is -0.0696 e. The second-order valence-electron chi connectivity index (χ2n) is 8.21. The number of hydrogen-bond acceptors (Lipinski definition) is 0. The van der Waals surface area contributed by atoms with E-state index in [0.717, 1.165) is 12.8 Å². The van der Waals surface area contributed by atoms with Gasteiger partial charge in [-0.2, -0.15) is 0 Å². The molecular formula is C28H59Si. The van der Waals surface area contributed by atoms with E-state index in [4.69, 9.17) is 0 Å². The number of hydrogen-bond donors (Lipinski definition) is 0. The van der Waals surface area contributed by atoms with Crippen LogP contribution < -0.4 is 0 Å². The van der Waals surface area contributed by atoms with Gasteiger partial charge >= 0.3 is 0 Å². The summed E-state index contributed by atoms with van der Waals surface area (Å²) in [6, 6.07) is 12.0. The molecule has 0 unspecified atom stereocenters. The monoisotopic (exact) mass is 423 g/mol. The summed E-state index contributed by atoms with van der Waals surface area (Å²) in [5.74, 6) is 0. The molecule has 1 rings (SSSR count). The minimum absolute atomic E-state index is 0. The zero-order valence-corrected chi connectivity index (χ0v) is 23.7. The highest BCUT2D eigenvalue weighted by molar-refractivity contribution is 6.77. The van der Waals surface area contributed by atoms with Crippen LogP contribution in [0.3, 0.4) is 0 Å². The van der Waals surface area contributed by atoms with Crippen LogP contribution in [0.15, 0.2) is 36.4 Å². The van der Waals surface area contributed by atoms with Crippen molar-refractivity contribution >= 4 is 8.07 Å². The molecule has 0 aliphatic heterocycles. The van der Waals surface area contributed by atoms with Crippen LogP contribution in [0.4, 0.5) is 0 Å². The zero-order chi connectivity index (χ0) is 24.1. The zero-order valence-electron chi connectivity index (χ0n) is 22.7. The van der Waals surface area contributed by atoms with E-state index in [1.807, 2.05) is 63.6 Å². The molecule has 0 aromatic heterocycles. The molecule has 0 fully saturated rings. The van der Waals surface area contributed by atoms with Crippen LogP contribution in [-0.4, -0.2) is 8.07 Å². The van der Waals surface area contributed by atoms with Crippen LogP contribution >= 0.6 is 0 Å². The van der Waals surface area contributed by atoms with Gasteiger partial charge in [0.05, 0.1) is 0 Å². The van der Waals surface area contributed by atoms with Crippen molar-refractivity contribution in [2.45, 2.75) is 94.3 Å². The number of benzene rings is 1. The first-order valence-electron chi connectivity index (χ1n) is 10.5. The van der Waals surface area contributed by atoms with Gasteiger partial charge in [0, 0.05) is 8.07 Å². The molecular weight excluding hydrogens is 364 g/mol. The molecule has 0 heterocycles. The van der Waals surface area contributed by atoms with Crippen molar-refractivity contribution in [3.63, 3.8) is 0 Å². The predicted octanol–water partition coefficient (Wildman–Crippen LogP) is 10.6. The Labute approximate surface area is 192 Å². The molecule has 0 nitrogen and oxygen atoms in total. The maximum atomic E-state index is 3.91. The average Bonchev–Trinajstić information content (AvgIpc) is 2.57. The van der Waals surface area contributed by atoms with Gasteiger partial charge in [0.15, 0.2) is 0 Å². The van der Waals surface area contributed by atoms with Crippen molar-refractivity contribution in [3.05, 3.63) is 84.5 Å². The quantitative estimate of drug-likeness (QED) is 0.394. The highest BCUT2D eigenvalue weighted by atomic mass is 28.3. The lowest BCUT2D eigenvalue weighted by molar-refractivity contribution is 0.539. The lowest BCUT2D eigenvalue weighted by atomic mass is 10.0. The van der Waals surface area contributed by atoms with Crippen molar-refractivity contribution in [1.29, 1.82) is 0 Å². The number of rotatable bonds is 1. The third-order valence-corrected chi connectivity index (χ3v) is 1.02. The van der Waals surface area contributed by atoms with Gasteiger partial charge in [-0.05, 0) is 18.8 Å². The van der Waals surface area contributed by atoms with E-state index in [1.165, 1.54) is 6.42 Å². The van der Waals surface area contributed by atoms with Gasteiger partial charge in [0.2, 0.25) is 0 Å². The van der Waals surface area contributed by atoms with Crippen molar-refractivity contribution in [1.82, 2.24) is 0 Å². The fraction of sp³-hybridized carbons (Fsp3) is 0.536. The summed E-state index contributed by atoms with van der Waals surface area (Å²) in [5, 5.41) is 0. The average molecular weight is 424 g/mol.